The number of hydrogen-bond donors (Lipinski definition) is 1. The van der Waals surface area contributed by atoms with Crippen LogP contribution in [0.5, 0.6) is 0 Å². The fraction of sp³-hybridized carbons (Fsp3) is 0.200. The van der Waals surface area contributed by atoms with Crippen molar-refractivity contribution in [3.63, 3.8) is 0 Å². The van der Waals surface area contributed by atoms with E-state index in [4.69, 9.17) is 11.6 Å². The van der Waals surface area contributed by atoms with Crippen molar-refractivity contribution in [3.8, 4) is 10.6 Å². The third-order valence-electron chi connectivity index (χ3n) is 3.93. The Bertz CT molecular complexity index is 861. The number of halogens is 1. The number of aromatic nitrogens is 1. The molecule has 0 aliphatic heterocycles. The van der Waals surface area contributed by atoms with Crippen LogP contribution in [0.1, 0.15) is 22.6 Å². The zero-order chi connectivity index (χ0) is 17.6. The molecule has 3 nitrogen and oxygen atoms in total. The first-order valence-electron chi connectivity index (χ1n) is 8.15. The lowest BCUT2D eigenvalue weighted by Crippen LogP contribution is -2.22. The second kappa shape index (κ2) is 8.28. The van der Waals surface area contributed by atoms with Gasteiger partial charge in [-0.3, -0.25) is 4.79 Å². The van der Waals surface area contributed by atoms with Crippen molar-refractivity contribution in [1.29, 1.82) is 0 Å². The van der Waals surface area contributed by atoms with E-state index in [-0.39, 0.29) is 5.91 Å². The van der Waals surface area contributed by atoms with Gasteiger partial charge in [0.05, 0.1) is 17.3 Å². The Hall–Kier alpha value is -2.17. The van der Waals surface area contributed by atoms with Crippen molar-refractivity contribution in [2.45, 2.75) is 26.3 Å². The Morgan fingerprint density at radius 1 is 1.12 bits per heavy atom. The predicted octanol–water partition coefficient (Wildman–Crippen LogP) is 5.02. The van der Waals surface area contributed by atoms with E-state index >= 15 is 0 Å². The van der Waals surface area contributed by atoms with E-state index in [1.54, 1.807) is 11.3 Å². The topological polar surface area (TPSA) is 42.0 Å². The normalized spacial score (nSPS) is 10.6. The van der Waals surface area contributed by atoms with Crippen LogP contribution < -0.4 is 5.32 Å². The minimum atomic E-state index is 0.0518. The van der Waals surface area contributed by atoms with E-state index in [0.29, 0.717) is 18.0 Å². The van der Waals surface area contributed by atoms with Crippen LogP contribution in [0.3, 0.4) is 0 Å². The largest absolute Gasteiger partial charge is 0.351 e. The van der Waals surface area contributed by atoms with E-state index in [1.165, 1.54) is 5.56 Å². The average Bonchev–Trinajstić information content (AvgIpc) is 3.00. The van der Waals surface area contributed by atoms with E-state index in [2.05, 4.69) is 10.3 Å². The van der Waals surface area contributed by atoms with Gasteiger partial charge in [-0.1, -0.05) is 60.1 Å². The van der Waals surface area contributed by atoms with Gasteiger partial charge in [-0.25, -0.2) is 4.98 Å². The summed E-state index contributed by atoms with van der Waals surface area (Å²) in [5, 5.41) is 4.56. The molecule has 5 heteroatoms. The smallest absolute Gasteiger partial charge is 0.220 e. The first-order valence-corrected chi connectivity index (χ1v) is 9.35. The zero-order valence-electron chi connectivity index (χ0n) is 14.0. The molecule has 2 aromatic carbocycles. The van der Waals surface area contributed by atoms with Crippen molar-refractivity contribution >= 4 is 28.8 Å². The van der Waals surface area contributed by atoms with E-state index in [1.807, 2.05) is 61.5 Å². The minimum Gasteiger partial charge on any atom is -0.351 e. The van der Waals surface area contributed by atoms with Crippen LogP contribution in [0.2, 0.25) is 5.02 Å². The minimum absolute atomic E-state index is 0.0518. The lowest BCUT2D eigenvalue weighted by Gasteiger charge is -2.04. The molecule has 1 aromatic heterocycles. The molecule has 0 radical (unpaired) electrons. The van der Waals surface area contributed by atoms with Crippen LogP contribution >= 0.6 is 22.9 Å². The van der Waals surface area contributed by atoms with Gasteiger partial charge in [-0.15, -0.1) is 11.3 Å². The average molecular weight is 371 g/mol. The standard InChI is InChI=1S/C20H19ClN2OS/c1-14-18(25-20(23-14)16-9-5-6-10-17(16)21)13-22-19(24)12-11-15-7-3-2-4-8-15/h2-10H,11-13H2,1H3,(H,22,24). The number of amides is 1. The summed E-state index contributed by atoms with van der Waals surface area (Å²) in [7, 11) is 0. The molecule has 0 saturated heterocycles. The molecule has 0 fully saturated rings. The highest BCUT2D eigenvalue weighted by molar-refractivity contribution is 7.15. The Labute approximate surface area is 156 Å². The number of rotatable bonds is 6. The summed E-state index contributed by atoms with van der Waals surface area (Å²) in [5.41, 5.74) is 3.04. The van der Waals surface area contributed by atoms with E-state index in [9.17, 15) is 4.79 Å². The monoisotopic (exact) mass is 370 g/mol. The molecule has 3 rings (SSSR count). The van der Waals surface area contributed by atoms with Crippen LogP contribution in [0, 0.1) is 6.92 Å². The van der Waals surface area contributed by atoms with Gasteiger partial charge in [0.1, 0.15) is 5.01 Å². The summed E-state index contributed by atoms with van der Waals surface area (Å²) in [4.78, 5) is 17.7. The number of benzene rings is 2. The lowest BCUT2D eigenvalue weighted by molar-refractivity contribution is -0.121. The van der Waals surface area contributed by atoms with Gasteiger partial charge in [0.25, 0.3) is 0 Å². The summed E-state index contributed by atoms with van der Waals surface area (Å²) in [6.45, 7) is 2.46. The van der Waals surface area contributed by atoms with Gasteiger partial charge in [0.15, 0.2) is 0 Å². The molecular weight excluding hydrogens is 352 g/mol. The van der Waals surface area contributed by atoms with Gasteiger partial charge >= 0.3 is 0 Å². The maximum absolute atomic E-state index is 12.1. The van der Waals surface area contributed by atoms with Crippen LogP contribution in [0.4, 0.5) is 0 Å². The van der Waals surface area contributed by atoms with Gasteiger partial charge in [0.2, 0.25) is 5.91 Å². The number of nitrogens with one attached hydrogen (secondary N) is 1. The van der Waals surface area contributed by atoms with Gasteiger partial charge in [0, 0.05) is 16.9 Å². The number of hydrogen-bond acceptors (Lipinski definition) is 3. The van der Waals surface area contributed by atoms with Crippen LogP contribution in [0.25, 0.3) is 10.6 Å². The number of aryl methyl sites for hydroxylation is 2. The Morgan fingerprint density at radius 3 is 2.60 bits per heavy atom. The molecule has 1 amide bonds. The third kappa shape index (κ3) is 4.68. The van der Waals surface area contributed by atoms with Crippen molar-refractivity contribution in [2.24, 2.45) is 0 Å². The first kappa shape index (κ1) is 17.6. The van der Waals surface area contributed by atoms with Crippen molar-refractivity contribution in [2.75, 3.05) is 0 Å². The first-order chi connectivity index (χ1) is 12.1. The molecule has 0 aliphatic carbocycles. The Kier molecular flexibility index (Phi) is 5.84. The number of carbonyl (C=O) groups is 1. The highest BCUT2D eigenvalue weighted by atomic mass is 35.5. The van der Waals surface area contributed by atoms with Gasteiger partial charge < -0.3 is 5.32 Å². The van der Waals surface area contributed by atoms with Gasteiger partial charge in [-0.05, 0) is 25.0 Å². The molecule has 25 heavy (non-hydrogen) atoms. The lowest BCUT2D eigenvalue weighted by atomic mass is 10.1. The summed E-state index contributed by atoms with van der Waals surface area (Å²) in [6, 6.07) is 17.7. The highest BCUT2D eigenvalue weighted by Crippen LogP contribution is 2.32. The molecule has 1 heterocycles. The number of nitrogens with zero attached hydrogens (tertiary/aromatic N) is 1. The number of thiazole rings is 1. The summed E-state index contributed by atoms with van der Waals surface area (Å²) in [6.07, 6.45) is 1.23. The third-order valence-corrected chi connectivity index (χ3v) is 5.45. The van der Waals surface area contributed by atoms with Gasteiger partial charge in [-0.2, -0.15) is 0 Å². The predicted molar refractivity (Wildman–Crippen MR) is 104 cm³/mol. The molecule has 0 atom stereocenters. The molecule has 3 aromatic rings. The van der Waals surface area contributed by atoms with E-state index in [0.717, 1.165) is 27.6 Å². The maximum Gasteiger partial charge on any atom is 0.220 e. The molecule has 0 aliphatic rings. The molecular formula is C20H19ClN2OS. The summed E-state index contributed by atoms with van der Waals surface area (Å²) >= 11 is 7.82. The molecule has 128 valence electrons. The van der Waals surface area contributed by atoms with Crippen LogP contribution in [-0.4, -0.2) is 10.9 Å². The Balaban J connectivity index is 1.58. The van der Waals surface area contributed by atoms with Crippen molar-refractivity contribution < 1.29 is 4.79 Å². The molecule has 0 unspecified atom stereocenters. The van der Waals surface area contributed by atoms with Crippen LogP contribution in [0.15, 0.2) is 54.6 Å². The molecule has 1 N–H and O–H groups in total. The fourth-order valence-electron chi connectivity index (χ4n) is 2.51. The van der Waals surface area contributed by atoms with E-state index < -0.39 is 0 Å². The summed E-state index contributed by atoms with van der Waals surface area (Å²) in [5.74, 6) is 0.0518. The quantitative estimate of drug-likeness (QED) is 0.661. The Morgan fingerprint density at radius 2 is 1.84 bits per heavy atom. The molecule has 0 bridgehead atoms. The number of carbonyl (C=O) groups excluding carboxylic acids is 1. The van der Waals surface area contributed by atoms with Crippen molar-refractivity contribution in [1.82, 2.24) is 10.3 Å². The second-order valence-corrected chi connectivity index (χ2v) is 7.26. The second-order valence-electron chi connectivity index (χ2n) is 5.77. The highest BCUT2D eigenvalue weighted by Gasteiger charge is 2.12. The molecule has 0 spiro atoms. The SMILES string of the molecule is Cc1nc(-c2ccccc2Cl)sc1CNC(=O)CCc1ccccc1. The zero-order valence-corrected chi connectivity index (χ0v) is 15.5. The van der Waals surface area contributed by atoms with Crippen LogP contribution in [-0.2, 0) is 17.8 Å². The van der Waals surface area contributed by atoms with Crippen molar-refractivity contribution in [3.05, 3.63) is 75.8 Å². The summed E-state index contributed by atoms with van der Waals surface area (Å²) < 4.78 is 0. The fourth-order valence-corrected chi connectivity index (χ4v) is 3.83. The molecule has 0 saturated carbocycles. The maximum atomic E-state index is 12.1.